The zero-order valence-electron chi connectivity index (χ0n) is 11.1. The minimum absolute atomic E-state index is 0.369. The fourth-order valence-corrected chi connectivity index (χ4v) is 1.94. The van der Waals surface area contributed by atoms with Crippen molar-refractivity contribution in [3.8, 4) is 0 Å². The number of aryl methyl sites for hydroxylation is 1. The van der Waals surface area contributed by atoms with Crippen LogP contribution in [0.5, 0.6) is 0 Å². The Morgan fingerprint density at radius 1 is 1.21 bits per heavy atom. The van der Waals surface area contributed by atoms with E-state index in [9.17, 15) is 0 Å². The first-order valence-electron chi connectivity index (χ1n) is 6.20. The van der Waals surface area contributed by atoms with Gasteiger partial charge in [-0.05, 0) is 36.2 Å². The van der Waals surface area contributed by atoms with Gasteiger partial charge >= 0.3 is 0 Å². The largest absolute Gasteiger partial charge is 0.389 e. The third kappa shape index (κ3) is 3.09. The highest BCUT2D eigenvalue weighted by Gasteiger charge is 2.05. The second kappa shape index (κ2) is 5.80. The highest BCUT2D eigenvalue weighted by molar-refractivity contribution is 7.80. The predicted octanol–water partition coefficient (Wildman–Crippen LogP) is 3.05. The third-order valence-corrected chi connectivity index (χ3v) is 3.34. The summed E-state index contributed by atoms with van der Waals surface area (Å²) in [5, 5.41) is 0. The van der Waals surface area contributed by atoms with Gasteiger partial charge in [-0.25, -0.2) is 4.98 Å². The van der Waals surface area contributed by atoms with E-state index in [0.717, 1.165) is 23.5 Å². The molecule has 0 bridgehead atoms. The molecule has 98 valence electrons. The van der Waals surface area contributed by atoms with Crippen molar-refractivity contribution < 1.29 is 0 Å². The van der Waals surface area contributed by atoms with Gasteiger partial charge in [0.05, 0.1) is 0 Å². The lowest BCUT2D eigenvalue weighted by molar-refractivity contribution is 1.11. The Kier molecular flexibility index (Phi) is 4.12. The normalized spacial score (nSPS) is 10.2. The summed E-state index contributed by atoms with van der Waals surface area (Å²) in [5.74, 6) is 0.865. The van der Waals surface area contributed by atoms with Crippen molar-refractivity contribution in [2.45, 2.75) is 13.3 Å². The number of pyridine rings is 1. The van der Waals surface area contributed by atoms with Crippen LogP contribution in [-0.4, -0.2) is 17.0 Å². The molecule has 0 saturated carbocycles. The lowest BCUT2D eigenvalue weighted by Gasteiger charge is -2.18. The molecule has 0 radical (unpaired) electrons. The summed E-state index contributed by atoms with van der Waals surface area (Å²) in [6, 6.07) is 12.3. The minimum Gasteiger partial charge on any atom is -0.389 e. The Hall–Kier alpha value is -1.94. The summed E-state index contributed by atoms with van der Waals surface area (Å²) >= 11 is 4.92. The van der Waals surface area contributed by atoms with E-state index in [4.69, 9.17) is 18.0 Å². The maximum atomic E-state index is 5.56. The number of anilines is 2. The molecular weight excluding hydrogens is 254 g/mol. The molecule has 3 nitrogen and oxygen atoms in total. The van der Waals surface area contributed by atoms with Gasteiger partial charge in [0.25, 0.3) is 0 Å². The zero-order valence-corrected chi connectivity index (χ0v) is 11.9. The summed E-state index contributed by atoms with van der Waals surface area (Å²) in [7, 11) is 1.99. The van der Waals surface area contributed by atoms with E-state index in [1.54, 1.807) is 6.20 Å². The molecule has 0 aliphatic rings. The van der Waals surface area contributed by atoms with Crippen LogP contribution in [0.3, 0.4) is 0 Å². The van der Waals surface area contributed by atoms with Crippen molar-refractivity contribution in [1.29, 1.82) is 0 Å². The molecule has 2 N–H and O–H groups in total. The molecule has 4 heteroatoms. The molecule has 1 aromatic heterocycles. The summed E-state index contributed by atoms with van der Waals surface area (Å²) in [6.45, 7) is 2.15. The molecule has 2 rings (SSSR count). The van der Waals surface area contributed by atoms with Crippen LogP contribution in [0.2, 0.25) is 0 Å². The van der Waals surface area contributed by atoms with Crippen LogP contribution in [0.15, 0.2) is 42.6 Å². The van der Waals surface area contributed by atoms with Crippen LogP contribution in [-0.2, 0) is 6.42 Å². The van der Waals surface area contributed by atoms with Gasteiger partial charge in [0.15, 0.2) is 0 Å². The Morgan fingerprint density at radius 2 is 1.89 bits per heavy atom. The van der Waals surface area contributed by atoms with E-state index in [2.05, 4.69) is 36.2 Å². The molecular formula is C15H17N3S. The van der Waals surface area contributed by atoms with E-state index in [0.29, 0.717) is 4.99 Å². The van der Waals surface area contributed by atoms with Crippen LogP contribution in [0, 0.1) is 0 Å². The number of aromatic nitrogens is 1. The Labute approximate surface area is 119 Å². The van der Waals surface area contributed by atoms with Crippen molar-refractivity contribution >= 4 is 28.7 Å². The van der Waals surface area contributed by atoms with Crippen LogP contribution >= 0.6 is 12.2 Å². The summed E-state index contributed by atoms with van der Waals surface area (Å²) in [4.78, 5) is 6.78. The average Bonchev–Trinajstić information content (AvgIpc) is 2.46. The van der Waals surface area contributed by atoms with Crippen molar-refractivity contribution in [3.63, 3.8) is 0 Å². The van der Waals surface area contributed by atoms with E-state index >= 15 is 0 Å². The highest BCUT2D eigenvalue weighted by atomic mass is 32.1. The van der Waals surface area contributed by atoms with Crippen LogP contribution in [0.4, 0.5) is 11.5 Å². The molecule has 0 amide bonds. The first-order valence-corrected chi connectivity index (χ1v) is 6.61. The molecule has 2 aromatic rings. The van der Waals surface area contributed by atoms with Gasteiger partial charge in [-0.2, -0.15) is 0 Å². The SMILES string of the molecule is CCc1ccc(N(C)c2ccc(C(N)=S)cn2)cc1. The quantitative estimate of drug-likeness (QED) is 0.868. The summed E-state index contributed by atoms with van der Waals surface area (Å²) in [5.41, 5.74) is 8.78. The van der Waals surface area contributed by atoms with Crippen molar-refractivity contribution in [1.82, 2.24) is 4.98 Å². The van der Waals surface area contributed by atoms with Crippen molar-refractivity contribution in [3.05, 3.63) is 53.7 Å². The second-order valence-corrected chi connectivity index (χ2v) is 4.79. The molecule has 0 fully saturated rings. The van der Waals surface area contributed by atoms with E-state index in [1.807, 2.05) is 24.1 Å². The fraction of sp³-hybridized carbons (Fsp3) is 0.200. The van der Waals surface area contributed by atoms with Gasteiger partial charge in [0.2, 0.25) is 0 Å². The number of nitrogens with zero attached hydrogens (tertiary/aromatic N) is 2. The summed E-state index contributed by atoms with van der Waals surface area (Å²) in [6.07, 6.45) is 2.75. The maximum Gasteiger partial charge on any atom is 0.132 e. The number of nitrogens with two attached hydrogens (primary N) is 1. The van der Waals surface area contributed by atoms with Crippen LogP contribution in [0.25, 0.3) is 0 Å². The molecule has 0 unspecified atom stereocenters. The molecule has 0 atom stereocenters. The molecule has 0 aliphatic heterocycles. The second-order valence-electron chi connectivity index (χ2n) is 4.35. The number of benzene rings is 1. The molecule has 1 aromatic carbocycles. The average molecular weight is 271 g/mol. The van der Waals surface area contributed by atoms with E-state index in [-0.39, 0.29) is 0 Å². The van der Waals surface area contributed by atoms with Crippen LogP contribution in [0.1, 0.15) is 18.1 Å². The molecule has 0 spiro atoms. The molecule has 0 aliphatic carbocycles. The molecule has 0 saturated heterocycles. The Balaban J connectivity index is 2.22. The first kappa shape index (κ1) is 13.5. The third-order valence-electron chi connectivity index (χ3n) is 3.11. The highest BCUT2D eigenvalue weighted by Crippen LogP contribution is 2.22. The van der Waals surface area contributed by atoms with Gasteiger partial charge < -0.3 is 10.6 Å². The van der Waals surface area contributed by atoms with E-state index < -0.39 is 0 Å². The van der Waals surface area contributed by atoms with Crippen LogP contribution < -0.4 is 10.6 Å². The van der Waals surface area contributed by atoms with Gasteiger partial charge in [-0.15, -0.1) is 0 Å². The molecule has 19 heavy (non-hydrogen) atoms. The summed E-state index contributed by atoms with van der Waals surface area (Å²) < 4.78 is 0. The Morgan fingerprint density at radius 3 is 2.37 bits per heavy atom. The minimum atomic E-state index is 0.369. The maximum absolute atomic E-state index is 5.56. The van der Waals surface area contributed by atoms with Gasteiger partial charge in [-0.1, -0.05) is 31.3 Å². The van der Waals surface area contributed by atoms with Gasteiger partial charge in [0.1, 0.15) is 10.8 Å². The zero-order chi connectivity index (χ0) is 13.8. The number of hydrogen-bond acceptors (Lipinski definition) is 3. The lowest BCUT2D eigenvalue weighted by Crippen LogP contribution is -2.13. The lowest BCUT2D eigenvalue weighted by atomic mass is 10.1. The topological polar surface area (TPSA) is 42.1 Å². The Bertz CT molecular complexity index is 561. The fourth-order valence-electron chi connectivity index (χ4n) is 1.82. The predicted molar refractivity (Wildman–Crippen MR) is 84.0 cm³/mol. The van der Waals surface area contributed by atoms with Gasteiger partial charge in [-0.3, -0.25) is 0 Å². The van der Waals surface area contributed by atoms with Crippen molar-refractivity contribution in [2.75, 3.05) is 11.9 Å². The molecule has 1 heterocycles. The number of rotatable bonds is 4. The van der Waals surface area contributed by atoms with E-state index in [1.165, 1.54) is 5.56 Å². The van der Waals surface area contributed by atoms with Crippen molar-refractivity contribution in [2.24, 2.45) is 5.73 Å². The monoisotopic (exact) mass is 271 g/mol. The smallest absolute Gasteiger partial charge is 0.132 e. The van der Waals surface area contributed by atoms with Gasteiger partial charge in [0, 0.05) is 24.5 Å². The number of thiocarbonyl (C=S) groups is 1. The first-order chi connectivity index (χ1) is 9.11. The number of hydrogen-bond donors (Lipinski definition) is 1. The standard InChI is InChI=1S/C15H17N3S/c1-3-11-4-7-13(8-5-11)18(2)14-9-6-12(10-17-14)15(16)19/h4-10H,3H2,1-2H3,(H2,16,19).